The van der Waals surface area contributed by atoms with Crippen LogP contribution in [-0.2, 0) is 9.53 Å². The number of nitrogens with one attached hydrogen (secondary N) is 1. The number of hydrogen-bond donors (Lipinski definition) is 2. The second-order valence-electron chi connectivity index (χ2n) is 9.22. The van der Waals surface area contributed by atoms with E-state index in [0.29, 0.717) is 41.7 Å². The zero-order valence-electron chi connectivity index (χ0n) is 19.2. The van der Waals surface area contributed by atoms with Crippen molar-refractivity contribution in [1.82, 2.24) is 5.16 Å². The minimum absolute atomic E-state index is 0.105. The fourth-order valence-electron chi connectivity index (χ4n) is 4.89. The van der Waals surface area contributed by atoms with Gasteiger partial charge < -0.3 is 19.1 Å². The molecule has 1 amide bonds. The van der Waals surface area contributed by atoms with Crippen LogP contribution in [0.25, 0.3) is 11.3 Å². The lowest BCUT2D eigenvalue weighted by atomic mass is 9.87. The molecule has 8 nitrogen and oxygen atoms in total. The van der Waals surface area contributed by atoms with Gasteiger partial charge in [-0.25, -0.2) is 4.79 Å². The third-order valence-electron chi connectivity index (χ3n) is 6.84. The molecule has 2 aromatic rings. The molecule has 2 aliphatic rings. The SMILES string of the molecule is Cc1noc(-c2ccc(OC3CCCC(C(=O)O)C3)cc2)c1NC(=O)O[C@H](C)C1CCCC1. The zero-order valence-corrected chi connectivity index (χ0v) is 19.2. The molecule has 1 aromatic carbocycles. The van der Waals surface area contributed by atoms with Crippen LogP contribution in [0.15, 0.2) is 28.8 Å². The van der Waals surface area contributed by atoms with E-state index in [1.54, 1.807) is 6.92 Å². The van der Waals surface area contributed by atoms with Crippen LogP contribution >= 0.6 is 0 Å². The van der Waals surface area contributed by atoms with Gasteiger partial charge in [-0.3, -0.25) is 10.1 Å². The first-order valence-corrected chi connectivity index (χ1v) is 11.8. The Kier molecular flexibility index (Phi) is 7.20. The van der Waals surface area contributed by atoms with Crippen molar-refractivity contribution in [2.24, 2.45) is 11.8 Å². The molecule has 8 heteroatoms. The van der Waals surface area contributed by atoms with Gasteiger partial charge in [0.15, 0.2) is 5.76 Å². The summed E-state index contributed by atoms with van der Waals surface area (Å²) in [5.74, 6) is 0.445. The van der Waals surface area contributed by atoms with Gasteiger partial charge in [-0.2, -0.15) is 0 Å². The van der Waals surface area contributed by atoms with E-state index in [0.717, 1.165) is 31.2 Å². The van der Waals surface area contributed by atoms with Crippen molar-refractivity contribution in [1.29, 1.82) is 0 Å². The molecular weight excluding hydrogens is 424 g/mol. The second-order valence-corrected chi connectivity index (χ2v) is 9.22. The maximum Gasteiger partial charge on any atom is 0.412 e. The van der Waals surface area contributed by atoms with Crippen molar-refractivity contribution >= 4 is 17.7 Å². The first kappa shape index (κ1) is 23.1. The summed E-state index contributed by atoms with van der Waals surface area (Å²) >= 11 is 0. The Labute approximate surface area is 193 Å². The first-order valence-electron chi connectivity index (χ1n) is 11.8. The van der Waals surface area contributed by atoms with E-state index in [9.17, 15) is 14.7 Å². The average Bonchev–Trinajstić information content (AvgIpc) is 3.46. The van der Waals surface area contributed by atoms with E-state index in [1.165, 1.54) is 12.8 Å². The predicted molar refractivity (Wildman–Crippen MR) is 122 cm³/mol. The van der Waals surface area contributed by atoms with Gasteiger partial charge in [0, 0.05) is 5.56 Å². The number of aliphatic carboxylic acids is 1. The molecule has 0 saturated heterocycles. The molecule has 3 atom stereocenters. The van der Waals surface area contributed by atoms with E-state index in [-0.39, 0.29) is 18.1 Å². The summed E-state index contributed by atoms with van der Waals surface area (Å²) in [6.45, 7) is 3.71. The van der Waals surface area contributed by atoms with Crippen molar-refractivity contribution < 1.29 is 28.7 Å². The maximum absolute atomic E-state index is 12.5. The van der Waals surface area contributed by atoms with Crippen LogP contribution in [0.4, 0.5) is 10.5 Å². The molecule has 2 unspecified atom stereocenters. The number of aromatic nitrogens is 1. The fraction of sp³-hybridized carbons (Fsp3) is 0.560. The van der Waals surface area contributed by atoms with Gasteiger partial charge >= 0.3 is 12.1 Å². The van der Waals surface area contributed by atoms with Gasteiger partial charge in [-0.05, 0) is 82.6 Å². The lowest BCUT2D eigenvalue weighted by molar-refractivity contribution is -0.143. The number of carbonyl (C=O) groups excluding carboxylic acids is 1. The number of rotatable bonds is 7. The molecule has 2 fully saturated rings. The Morgan fingerprint density at radius 1 is 1.12 bits per heavy atom. The summed E-state index contributed by atoms with van der Waals surface area (Å²) < 4.78 is 17.1. The largest absolute Gasteiger partial charge is 0.490 e. The Hall–Kier alpha value is -3.03. The maximum atomic E-state index is 12.5. The summed E-state index contributed by atoms with van der Waals surface area (Å²) in [4.78, 5) is 23.8. The molecule has 0 bridgehead atoms. The lowest BCUT2D eigenvalue weighted by Gasteiger charge is -2.27. The molecule has 0 aliphatic heterocycles. The van der Waals surface area contributed by atoms with Crippen LogP contribution in [0, 0.1) is 18.8 Å². The first-order chi connectivity index (χ1) is 15.9. The summed E-state index contributed by atoms with van der Waals surface area (Å²) in [5.41, 5.74) is 1.80. The molecule has 2 N–H and O–H groups in total. The van der Waals surface area contributed by atoms with E-state index in [4.69, 9.17) is 14.0 Å². The van der Waals surface area contributed by atoms with Gasteiger partial charge in [-0.15, -0.1) is 0 Å². The quantitative estimate of drug-likeness (QED) is 0.542. The van der Waals surface area contributed by atoms with Gasteiger partial charge in [0.2, 0.25) is 0 Å². The summed E-state index contributed by atoms with van der Waals surface area (Å²) in [5, 5.41) is 16.1. The molecule has 33 heavy (non-hydrogen) atoms. The Morgan fingerprint density at radius 3 is 2.55 bits per heavy atom. The van der Waals surface area contributed by atoms with E-state index >= 15 is 0 Å². The number of carbonyl (C=O) groups is 2. The van der Waals surface area contributed by atoms with Gasteiger partial charge in [0.05, 0.1) is 12.0 Å². The van der Waals surface area contributed by atoms with Crippen molar-refractivity contribution in [2.75, 3.05) is 5.32 Å². The minimum atomic E-state index is -0.754. The molecule has 0 radical (unpaired) electrons. The molecule has 4 rings (SSSR count). The topological polar surface area (TPSA) is 111 Å². The molecule has 2 saturated carbocycles. The van der Waals surface area contributed by atoms with Crippen LogP contribution in [0.5, 0.6) is 5.75 Å². The summed E-state index contributed by atoms with van der Waals surface area (Å²) in [6.07, 6.45) is 6.75. The van der Waals surface area contributed by atoms with Crippen molar-refractivity contribution in [2.45, 2.75) is 77.4 Å². The van der Waals surface area contributed by atoms with E-state index in [1.807, 2.05) is 31.2 Å². The smallest absolute Gasteiger partial charge is 0.412 e. The molecule has 2 aliphatic carbocycles. The van der Waals surface area contributed by atoms with Gasteiger partial charge in [0.1, 0.15) is 23.2 Å². The van der Waals surface area contributed by atoms with E-state index in [2.05, 4.69) is 10.5 Å². The number of carboxylic acids is 1. The van der Waals surface area contributed by atoms with Crippen LogP contribution in [0.2, 0.25) is 0 Å². The van der Waals surface area contributed by atoms with Crippen molar-refractivity contribution in [3.8, 4) is 17.1 Å². The summed E-state index contributed by atoms with van der Waals surface area (Å²) in [6, 6.07) is 7.32. The fourth-order valence-corrected chi connectivity index (χ4v) is 4.89. The highest BCUT2D eigenvalue weighted by Gasteiger charge is 2.28. The molecule has 178 valence electrons. The third-order valence-corrected chi connectivity index (χ3v) is 6.84. The molecular formula is C25H32N2O6. The lowest BCUT2D eigenvalue weighted by Crippen LogP contribution is -2.29. The number of carboxylic acid groups (broad SMARTS) is 1. The highest BCUT2D eigenvalue weighted by Crippen LogP contribution is 2.34. The van der Waals surface area contributed by atoms with Crippen molar-refractivity contribution in [3.05, 3.63) is 30.0 Å². The standard InChI is InChI=1S/C25H32N2O6/c1-15-22(26-25(30)31-16(2)17-6-3-4-7-17)23(33-27-15)18-10-12-20(13-11-18)32-21-9-5-8-19(14-21)24(28)29/h10-13,16-17,19,21H,3-9,14H2,1-2H3,(H,26,30)(H,28,29)/t16-,19?,21?/m1/s1. The number of amides is 1. The monoisotopic (exact) mass is 456 g/mol. The normalized spacial score (nSPS) is 22.0. The number of hydrogen-bond acceptors (Lipinski definition) is 6. The predicted octanol–water partition coefficient (Wildman–Crippen LogP) is 5.80. The van der Waals surface area contributed by atoms with E-state index < -0.39 is 12.1 Å². The van der Waals surface area contributed by atoms with Crippen LogP contribution < -0.4 is 10.1 Å². The number of nitrogens with zero attached hydrogens (tertiary/aromatic N) is 1. The third kappa shape index (κ3) is 5.67. The molecule has 0 spiro atoms. The Balaban J connectivity index is 1.39. The Bertz CT molecular complexity index is 964. The molecule has 1 heterocycles. The zero-order chi connectivity index (χ0) is 23.4. The number of benzene rings is 1. The number of anilines is 1. The minimum Gasteiger partial charge on any atom is -0.490 e. The average molecular weight is 457 g/mol. The highest BCUT2D eigenvalue weighted by atomic mass is 16.6. The molecule has 1 aromatic heterocycles. The van der Waals surface area contributed by atoms with Gasteiger partial charge in [-0.1, -0.05) is 18.0 Å². The Morgan fingerprint density at radius 2 is 1.85 bits per heavy atom. The summed E-state index contributed by atoms with van der Waals surface area (Å²) in [7, 11) is 0. The van der Waals surface area contributed by atoms with Crippen LogP contribution in [-0.4, -0.2) is 34.5 Å². The van der Waals surface area contributed by atoms with Crippen LogP contribution in [0.1, 0.15) is 64.0 Å². The second kappa shape index (κ2) is 10.3. The highest BCUT2D eigenvalue weighted by molar-refractivity contribution is 5.90. The van der Waals surface area contributed by atoms with Gasteiger partial charge in [0.25, 0.3) is 0 Å². The van der Waals surface area contributed by atoms with Crippen LogP contribution in [0.3, 0.4) is 0 Å². The van der Waals surface area contributed by atoms with Crippen molar-refractivity contribution in [3.63, 3.8) is 0 Å². The number of aryl methyl sites for hydroxylation is 1. The number of ether oxygens (including phenoxy) is 2.